The van der Waals surface area contributed by atoms with Gasteiger partial charge in [-0.2, -0.15) is 0 Å². The van der Waals surface area contributed by atoms with Crippen LogP contribution in [0.2, 0.25) is 5.02 Å². The van der Waals surface area contributed by atoms with E-state index in [1.54, 1.807) is 6.07 Å². The Morgan fingerprint density at radius 2 is 2.27 bits per heavy atom. The Balaban J connectivity index is 2.68. The monoisotopic (exact) mass is 167 g/mol. The highest BCUT2D eigenvalue weighted by Gasteiger charge is 2.20. The highest BCUT2D eigenvalue weighted by Crippen LogP contribution is 2.23. The Morgan fingerprint density at radius 3 is 3.00 bits per heavy atom. The lowest BCUT2D eigenvalue weighted by molar-refractivity contribution is 0.0966. The summed E-state index contributed by atoms with van der Waals surface area (Å²) in [6, 6.07) is 5.48. The molecule has 1 aliphatic rings. The predicted molar refractivity (Wildman–Crippen MR) is 42.6 cm³/mol. The summed E-state index contributed by atoms with van der Waals surface area (Å²) >= 11 is 5.80. The standard InChI is InChI=1S/C8H6ClNO/c9-6-3-1-2-5-4-10-8(11)7(5)6/h1-3H,4H2,(H,10,11). The van der Waals surface area contributed by atoms with Crippen molar-refractivity contribution in [3.8, 4) is 0 Å². The Bertz CT molecular complexity index is 322. The number of carbonyl (C=O) groups is 1. The summed E-state index contributed by atoms with van der Waals surface area (Å²) in [7, 11) is 0. The molecule has 2 rings (SSSR count). The van der Waals surface area contributed by atoms with Crippen LogP contribution in [0.4, 0.5) is 0 Å². The van der Waals surface area contributed by atoms with E-state index in [2.05, 4.69) is 5.32 Å². The molecule has 0 spiro atoms. The molecule has 0 atom stereocenters. The van der Waals surface area contributed by atoms with Crippen LogP contribution in [0, 0.1) is 0 Å². The van der Waals surface area contributed by atoms with E-state index in [4.69, 9.17) is 11.6 Å². The number of amides is 1. The molecule has 0 unspecified atom stereocenters. The summed E-state index contributed by atoms with van der Waals surface area (Å²) in [6.45, 7) is 0.606. The molecule has 0 fully saturated rings. The van der Waals surface area contributed by atoms with Crippen LogP contribution in [0.25, 0.3) is 0 Å². The molecule has 3 heteroatoms. The van der Waals surface area contributed by atoms with E-state index < -0.39 is 0 Å². The van der Waals surface area contributed by atoms with Crippen LogP contribution in [0.15, 0.2) is 18.2 Å². The predicted octanol–water partition coefficient (Wildman–Crippen LogP) is 1.58. The number of rotatable bonds is 0. The van der Waals surface area contributed by atoms with Gasteiger partial charge in [0.1, 0.15) is 0 Å². The second-order valence-electron chi connectivity index (χ2n) is 2.46. The maximum absolute atomic E-state index is 11.1. The van der Waals surface area contributed by atoms with Crippen molar-refractivity contribution in [1.29, 1.82) is 0 Å². The van der Waals surface area contributed by atoms with Crippen LogP contribution in [-0.2, 0) is 6.54 Å². The van der Waals surface area contributed by atoms with Gasteiger partial charge in [0, 0.05) is 6.54 Å². The maximum atomic E-state index is 11.1. The molecule has 1 N–H and O–H groups in total. The summed E-state index contributed by atoms with van der Waals surface area (Å²) in [4.78, 5) is 11.1. The van der Waals surface area contributed by atoms with Gasteiger partial charge in [-0.25, -0.2) is 0 Å². The smallest absolute Gasteiger partial charge is 0.253 e. The third-order valence-electron chi connectivity index (χ3n) is 1.77. The van der Waals surface area contributed by atoms with Crippen molar-refractivity contribution < 1.29 is 4.79 Å². The van der Waals surface area contributed by atoms with E-state index in [9.17, 15) is 4.79 Å². The highest BCUT2D eigenvalue weighted by molar-refractivity contribution is 6.34. The third-order valence-corrected chi connectivity index (χ3v) is 2.08. The summed E-state index contributed by atoms with van der Waals surface area (Å²) in [5.41, 5.74) is 1.62. The molecule has 2 nitrogen and oxygen atoms in total. The molecule has 1 amide bonds. The zero-order valence-corrected chi connectivity index (χ0v) is 6.48. The summed E-state index contributed by atoms with van der Waals surface area (Å²) in [6.07, 6.45) is 0. The van der Waals surface area contributed by atoms with Gasteiger partial charge in [-0.3, -0.25) is 4.79 Å². The maximum Gasteiger partial charge on any atom is 0.253 e. The van der Waals surface area contributed by atoms with Gasteiger partial charge in [0.15, 0.2) is 0 Å². The Hall–Kier alpha value is -1.02. The average molecular weight is 168 g/mol. The number of fused-ring (bicyclic) bond motifs is 1. The number of carbonyl (C=O) groups excluding carboxylic acids is 1. The first-order valence-corrected chi connectivity index (χ1v) is 3.72. The van der Waals surface area contributed by atoms with E-state index in [0.29, 0.717) is 17.1 Å². The summed E-state index contributed by atoms with van der Waals surface area (Å²) in [5, 5.41) is 3.24. The Kier molecular flexibility index (Phi) is 1.36. The fourth-order valence-corrected chi connectivity index (χ4v) is 1.51. The van der Waals surface area contributed by atoms with E-state index in [-0.39, 0.29) is 5.91 Å². The number of halogens is 1. The molecule has 56 valence electrons. The first-order valence-electron chi connectivity index (χ1n) is 3.34. The largest absolute Gasteiger partial charge is 0.348 e. The first-order chi connectivity index (χ1) is 5.29. The number of hydrogen-bond donors (Lipinski definition) is 1. The van der Waals surface area contributed by atoms with Gasteiger partial charge in [0.05, 0.1) is 10.6 Å². The molecule has 0 aliphatic carbocycles. The molecule has 11 heavy (non-hydrogen) atoms. The Labute approximate surface area is 69.2 Å². The molecule has 1 aromatic rings. The van der Waals surface area contributed by atoms with Gasteiger partial charge < -0.3 is 5.32 Å². The average Bonchev–Trinajstić information content (AvgIpc) is 2.34. The second kappa shape index (κ2) is 2.24. The Morgan fingerprint density at radius 1 is 1.45 bits per heavy atom. The fraction of sp³-hybridized carbons (Fsp3) is 0.125. The van der Waals surface area contributed by atoms with Crippen molar-refractivity contribution in [2.45, 2.75) is 6.54 Å². The number of nitrogens with one attached hydrogen (secondary N) is 1. The summed E-state index contributed by atoms with van der Waals surface area (Å²) in [5.74, 6) is -0.0643. The van der Waals surface area contributed by atoms with Crippen LogP contribution < -0.4 is 5.32 Å². The fourth-order valence-electron chi connectivity index (χ4n) is 1.23. The molecule has 0 bridgehead atoms. The van der Waals surface area contributed by atoms with Crippen LogP contribution in [0.3, 0.4) is 0 Å². The van der Waals surface area contributed by atoms with Gasteiger partial charge in [0.25, 0.3) is 5.91 Å². The van der Waals surface area contributed by atoms with Gasteiger partial charge in [-0.1, -0.05) is 23.7 Å². The molecule has 1 aromatic carbocycles. The van der Waals surface area contributed by atoms with E-state index in [0.717, 1.165) is 5.56 Å². The van der Waals surface area contributed by atoms with Crippen LogP contribution in [0.5, 0.6) is 0 Å². The van der Waals surface area contributed by atoms with Crippen molar-refractivity contribution >= 4 is 17.5 Å². The highest BCUT2D eigenvalue weighted by atomic mass is 35.5. The van der Waals surface area contributed by atoms with Crippen LogP contribution in [0.1, 0.15) is 15.9 Å². The van der Waals surface area contributed by atoms with Gasteiger partial charge in [0.2, 0.25) is 0 Å². The van der Waals surface area contributed by atoms with Crippen molar-refractivity contribution in [3.63, 3.8) is 0 Å². The molecule has 0 saturated carbocycles. The van der Waals surface area contributed by atoms with Gasteiger partial charge in [-0.05, 0) is 11.6 Å². The minimum absolute atomic E-state index is 0.0643. The van der Waals surface area contributed by atoms with Crippen molar-refractivity contribution in [1.82, 2.24) is 5.32 Å². The molecular weight excluding hydrogens is 162 g/mol. The zero-order chi connectivity index (χ0) is 7.84. The topological polar surface area (TPSA) is 29.1 Å². The van der Waals surface area contributed by atoms with E-state index >= 15 is 0 Å². The molecule has 1 aliphatic heterocycles. The third kappa shape index (κ3) is 0.906. The second-order valence-corrected chi connectivity index (χ2v) is 2.86. The molecule has 0 aromatic heterocycles. The first kappa shape index (κ1) is 6.68. The van der Waals surface area contributed by atoms with Crippen molar-refractivity contribution in [3.05, 3.63) is 34.3 Å². The lowest BCUT2D eigenvalue weighted by atomic mass is 10.1. The molecular formula is C8H6ClNO. The number of benzene rings is 1. The van der Waals surface area contributed by atoms with Crippen molar-refractivity contribution in [2.24, 2.45) is 0 Å². The molecule has 0 saturated heterocycles. The SMILES string of the molecule is O=C1NCc2cccc(Cl)c21. The quantitative estimate of drug-likeness (QED) is 0.625. The van der Waals surface area contributed by atoms with Crippen molar-refractivity contribution in [2.75, 3.05) is 0 Å². The van der Waals surface area contributed by atoms with E-state index in [1.807, 2.05) is 12.1 Å². The van der Waals surface area contributed by atoms with Crippen LogP contribution in [-0.4, -0.2) is 5.91 Å². The minimum Gasteiger partial charge on any atom is -0.348 e. The molecule has 1 heterocycles. The van der Waals surface area contributed by atoms with Gasteiger partial charge in [-0.15, -0.1) is 0 Å². The summed E-state index contributed by atoms with van der Waals surface area (Å²) < 4.78 is 0. The lowest BCUT2D eigenvalue weighted by Gasteiger charge is -1.95. The van der Waals surface area contributed by atoms with E-state index in [1.165, 1.54) is 0 Å². The minimum atomic E-state index is -0.0643. The molecule has 0 radical (unpaired) electrons. The normalized spacial score (nSPS) is 14.5. The zero-order valence-electron chi connectivity index (χ0n) is 5.73. The lowest BCUT2D eigenvalue weighted by Crippen LogP contribution is -2.12. The van der Waals surface area contributed by atoms with Gasteiger partial charge >= 0.3 is 0 Å². The van der Waals surface area contributed by atoms with Crippen LogP contribution >= 0.6 is 11.6 Å². The number of hydrogen-bond acceptors (Lipinski definition) is 1.